The number of nitrogens with two attached hydrogens (primary N) is 1. The smallest absolute Gasteiger partial charge is 0.0953 e. The fraction of sp³-hybridized carbons (Fsp3) is 0.500. The van der Waals surface area contributed by atoms with Crippen molar-refractivity contribution in [2.75, 3.05) is 12.0 Å². The van der Waals surface area contributed by atoms with Crippen LogP contribution < -0.4 is 5.73 Å². The van der Waals surface area contributed by atoms with Crippen LogP contribution >= 0.6 is 11.8 Å². The Morgan fingerprint density at radius 1 is 2.00 bits per heavy atom. The zero-order valence-corrected chi connectivity index (χ0v) is 5.09. The molecule has 0 saturated carbocycles. The van der Waals surface area contributed by atoms with Crippen molar-refractivity contribution in [3.05, 3.63) is 6.42 Å². The molecule has 1 radical (unpaired) electrons. The lowest BCUT2D eigenvalue weighted by Crippen LogP contribution is -2.10. The van der Waals surface area contributed by atoms with Gasteiger partial charge in [-0.1, -0.05) is 0 Å². The summed E-state index contributed by atoms with van der Waals surface area (Å²) < 4.78 is 0. The van der Waals surface area contributed by atoms with E-state index in [4.69, 9.17) is 11.1 Å². The van der Waals surface area contributed by atoms with Crippen LogP contribution in [0.3, 0.4) is 0 Å². The maximum absolute atomic E-state index is 6.71. The quantitative estimate of drug-likeness (QED) is 0.417. The molecule has 0 aromatic rings. The predicted octanol–water partition coefficient (Wildman–Crippen LogP) is 0.490. The van der Waals surface area contributed by atoms with Crippen molar-refractivity contribution in [2.45, 2.75) is 0 Å². The van der Waals surface area contributed by atoms with Crippen LogP contribution in [0.4, 0.5) is 0 Å². The summed E-state index contributed by atoms with van der Waals surface area (Å²) in [5.41, 5.74) is 4.99. The number of hydrogen-bond donors (Lipinski definition) is 2. The predicted molar refractivity (Wildman–Crippen MR) is 34.6 cm³/mol. The normalized spacial score (nSPS) is 8.71. The van der Waals surface area contributed by atoms with E-state index in [1.165, 1.54) is 0 Å². The van der Waals surface area contributed by atoms with Gasteiger partial charge in [0.25, 0.3) is 0 Å². The lowest BCUT2D eigenvalue weighted by atomic mass is 10.5. The first-order valence-corrected chi connectivity index (χ1v) is 3.33. The van der Waals surface area contributed by atoms with Gasteiger partial charge in [0.1, 0.15) is 0 Å². The van der Waals surface area contributed by atoms with Crippen LogP contribution in [-0.2, 0) is 0 Å². The summed E-state index contributed by atoms with van der Waals surface area (Å²) >= 11 is 1.65. The van der Waals surface area contributed by atoms with Crippen molar-refractivity contribution < 1.29 is 0 Å². The molecule has 2 nitrogen and oxygen atoms in total. The molecule has 0 saturated heterocycles. The lowest BCUT2D eigenvalue weighted by molar-refractivity contribution is 1.41. The topological polar surface area (TPSA) is 49.9 Å². The molecule has 0 spiro atoms. The summed E-state index contributed by atoms with van der Waals surface area (Å²) in [6.07, 6.45) is 3.64. The Morgan fingerprint density at radius 3 is 2.71 bits per heavy atom. The van der Waals surface area contributed by atoms with E-state index in [-0.39, 0.29) is 5.84 Å². The van der Waals surface area contributed by atoms with Crippen molar-refractivity contribution in [2.24, 2.45) is 5.73 Å². The molecule has 3 N–H and O–H groups in total. The molecule has 0 aliphatic carbocycles. The molecule has 0 fully saturated rings. The SMILES string of the molecule is CSC[CH]C(=N)N. The van der Waals surface area contributed by atoms with Crippen molar-refractivity contribution in [3.63, 3.8) is 0 Å². The van der Waals surface area contributed by atoms with Gasteiger partial charge in [-0.05, 0) is 6.26 Å². The molecule has 0 aromatic carbocycles. The van der Waals surface area contributed by atoms with Gasteiger partial charge in [0.15, 0.2) is 0 Å². The van der Waals surface area contributed by atoms with E-state index in [0.717, 1.165) is 5.75 Å². The summed E-state index contributed by atoms with van der Waals surface area (Å²) in [5, 5.41) is 6.71. The monoisotopic (exact) mass is 117 g/mol. The molecule has 0 rings (SSSR count). The van der Waals surface area contributed by atoms with E-state index < -0.39 is 0 Å². The maximum atomic E-state index is 6.71. The Bertz CT molecular complexity index is 62.7. The molecular weight excluding hydrogens is 108 g/mol. The Morgan fingerprint density at radius 2 is 2.57 bits per heavy atom. The minimum absolute atomic E-state index is 0.161. The average Bonchev–Trinajstić information content (AvgIpc) is 1.61. The van der Waals surface area contributed by atoms with Crippen LogP contribution in [-0.4, -0.2) is 17.8 Å². The standard InChI is InChI=1S/C4H9N2S/c1-7-3-2-4(5)6/h2H,3H2,1H3,(H3,5,6). The molecule has 0 bridgehead atoms. The fourth-order valence-corrected chi connectivity index (χ4v) is 0.519. The first-order valence-electron chi connectivity index (χ1n) is 1.93. The molecule has 0 aliphatic heterocycles. The largest absolute Gasteiger partial charge is 0.387 e. The van der Waals surface area contributed by atoms with Crippen LogP contribution in [0, 0.1) is 11.8 Å². The number of rotatable bonds is 3. The Hall–Kier alpha value is -0.180. The van der Waals surface area contributed by atoms with E-state index in [9.17, 15) is 0 Å². The molecule has 3 heteroatoms. The minimum atomic E-state index is 0.161. The molecule has 0 atom stereocenters. The zero-order valence-electron chi connectivity index (χ0n) is 4.27. The molecular formula is C4H9N2S. The highest BCUT2D eigenvalue weighted by Gasteiger charge is 1.84. The molecule has 0 aliphatic rings. The van der Waals surface area contributed by atoms with E-state index in [2.05, 4.69) is 0 Å². The molecule has 0 amide bonds. The van der Waals surface area contributed by atoms with E-state index in [0.29, 0.717) is 0 Å². The van der Waals surface area contributed by atoms with E-state index in [1.54, 1.807) is 18.2 Å². The van der Waals surface area contributed by atoms with Crippen LogP contribution in [0.2, 0.25) is 0 Å². The third-order valence-electron chi connectivity index (χ3n) is 0.470. The number of thioether (sulfide) groups is 1. The van der Waals surface area contributed by atoms with Gasteiger partial charge in [-0.15, -0.1) is 0 Å². The van der Waals surface area contributed by atoms with Gasteiger partial charge >= 0.3 is 0 Å². The number of amidine groups is 1. The highest BCUT2D eigenvalue weighted by molar-refractivity contribution is 7.98. The van der Waals surface area contributed by atoms with Crippen LogP contribution in [0.25, 0.3) is 0 Å². The third kappa shape index (κ3) is 5.82. The maximum Gasteiger partial charge on any atom is 0.0953 e. The zero-order chi connectivity index (χ0) is 5.70. The highest BCUT2D eigenvalue weighted by Crippen LogP contribution is 1.91. The molecule has 0 unspecified atom stereocenters. The highest BCUT2D eigenvalue weighted by atomic mass is 32.2. The van der Waals surface area contributed by atoms with Crippen LogP contribution in [0.5, 0.6) is 0 Å². The van der Waals surface area contributed by atoms with Gasteiger partial charge in [-0.25, -0.2) is 0 Å². The molecule has 0 aromatic heterocycles. The Labute approximate surface area is 48.0 Å². The summed E-state index contributed by atoms with van der Waals surface area (Å²) in [5.74, 6) is 1.00. The third-order valence-corrected chi connectivity index (χ3v) is 0.970. The first-order chi connectivity index (χ1) is 3.27. The average molecular weight is 117 g/mol. The Kier molecular flexibility index (Phi) is 3.89. The number of nitrogens with one attached hydrogen (secondary N) is 1. The van der Waals surface area contributed by atoms with Gasteiger partial charge in [-0.3, -0.25) is 5.41 Å². The fourth-order valence-electron chi connectivity index (χ4n) is 0.173. The second-order valence-corrected chi connectivity index (χ2v) is 2.03. The first kappa shape index (κ1) is 6.82. The summed E-state index contributed by atoms with van der Waals surface area (Å²) in [6.45, 7) is 0. The van der Waals surface area contributed by atoms with Crippen molar-refractivity contribution in [1.29, 1.82) is 5.41 Å². The second kappa shape index (κ2) is 3.99. The van der Waals surface area contributed by atoms with Crippen molar-refractivity contribution in [3.8, 4) is 0 Å². The van der Waals surface area contributed by atoms with Gasteiger partial charge in [0.05, 0.1) is 5.84 Å². The molecule has 0 heterocycles. The lowest BCUT2D eigenvalue weighted by Gasteiger charge is -1.89. The summed E-state index contributed by atoms with van der Waals surface area (Å²) in [4.78, 5) is 0. The van der Waals surface area contributed by atoms with Crippen molar-refractivity contribution in [1.82, 2.24) is 0 Å². The van der Waals surface area contributed by atoms with E-state index >= 15 is 0 Å². The minimum Gasteiger partial charge on any atom is -0.387 e. The molecule has 41 valence electrons. The van der Waals surface area contributed by atoms with Gasteiger partial charge in [0, 0.05) is 12.2 Å². The van der Waals surface area contributed by atoms with Gasteiger partial charge in [0.2, 0.25) is 0 Å². The summed E-state index contributed by atoms with van der Waals surface area (Å²) in [7, 11) is 0. The van der Waals surface area contributed by atoms with Gasteiger partial charge in [-0.2, -0.15) is 11.8 Å². The van der Waals surface area contributed by atoms with Crippen LogP contribution in [0.15, 0.2) is 0 Å². The summed E-state index contributed by atoms with van der Waals surface area (Å²) in [6, 6.07) is 0. The van der Waals surface area contributed by atoms with E-state index in [1.807, 2.05) is 6.26 Å². The van der Waals surface area contributed by atoms with Crippen molar-refractivity contribution >= 4 is 17.6 Å². The second-order valence-electron chi connectivity index (χ2n) is 1.11. The number of hydrogen-bond acceptors (Lipinski definition) is 2. The Balaban J connectivity index is 2.82. The molecule has 7 heavy (non-hydrogen) atoms. The van der Waals surface area contributed by atoms with Gasteiger partial charge < -0.3 is 5.73 Å². The van der Waals surface area contributed by atoms with Crippen LogP contribution in [0.1, 0.15) is 0 Å².